The zero-order valence-corrected chi connectivity index (χ0v) is 58.5. The van der Waals surface area contributed by atoms with Crippen LogP contribution in [0.2, 0.25) is 0 Å². The van der Waals surface area contributed by atoms with Crippen LogP contribution in [-0.4, -0.2) is 0 Å². The molecule has 490 valence electrons. The van der Waals surface area contributed by atoms with E-state index in [0.29, 0.717) is 0 Å². The molecule has 2 aromatic heterocycles. The average molecular weight is 1320 g/mol. The van der Waals surface area contributed by atoms with Crippen molar-refractivity contribution in [3.63, 3.8) is 0 Å². The van der Waals surface area contributed by atoms with Gasteiger partial charge in [-0.25, -0.2) is 0 Å². The smallest absolute Gasteiger partial charge is 0.136 e. The minimum absolute atomic E-state index is 0.875. The summed E-state index contributed by atoms with van der Waals surface area (Å²) in [5.74, 6) is 0. The normalized spacial score (nSPS) is 11.7. The molecule has 0 aliphatic rings. The Kier molecular flexibility index (Phi) is 14.9. The number of hydrogen-bond acceptors (Lipinski definition) is 6. The molecule has 2 heterocycles. The second-order valence-corrected chi connectivity index (χ2v) is 27.7. The van der Waals surface area contributed by atoms with Crippen LogP contribution in [0.1, 0.15) is 44.5 Å². The third-order valence-corrected chi connectivity index (χ3v) is 21.0. The van der Waals surface area contributed by atoms with E-state index in [0.717, 1.165) is 166 Å². The van der Waals surface area contributed by atoms with Crippen LogP contribution < -0.4 is 19.6 Å². The fraction of sp³-hybridized carbons (Fsp3) is 0.0833. The van der Waals surface area contributed by atoms with E-state index in [1.807, 2.05) is 0 Å². The van der Waals surface area contributed by atoms with Crippen LogP contribution in [0.5, 0.6) is 0 Å². The second kappa shape index (κ2) is 24.7. The zero-order valence-electron chi connectivity index (χ0n) is 58.5. The van der Waals surface area contributed by atoms with Crippen molar-refractivity contribution >= 4 is 155 Å². The molecule has 0 saturated carbocycles. The molecule has 6 nitrogen and oxygen atoms in total. The Morgan fingerprint density at radius 1 is 0.196 bits per heavy atom. The largest absolute Gasteiger partial charge is 0.456 e. The van der Waals surface area contributed by atoms with E-state index < -0.39 is 0 Å². The topological polar surface area (TPSA) is 39.2 Å². The molecule has 6 heteroatoms. The van der Waals surface area contributed by atoms with Gasteiger partial charge in [0.2, 0.25) is 0 Å². The van der Waals surface area contributed by atoms with Crippen molar-refractivity contribution in [2.24, 2.45) is 0 Å². The molecule has 0 bridgehead atoms. The number of fused-ring (bicyclic) bond motifs is 14. The van der Waals surface area contributed by atoms with Crippen molar-refractivity contribution in [1.29, 1.82) is 0 Å². The summed E-state index contributed by atoms with van der Waals surface area (Å²) >= 11 is 0. The molecule has 16 aromatic carbocycles. The van der Waals surface area contributed by atoms with Gasteiger partial charge < -0.3 is 28.4 Å². The fourth-order valence-corrected chi connectivity index (χ4v) is 16.0. The highest BCUT2D eigenvalue weighted by atomic mass is 16.3. The van der Waals surface area contributed by atoms with Gasteiger partial charge in [0.05, 0.1) is 0 Å². The Morgan fingerprint density at radius 2 is 0.471 bits per heavy atom. The van der Waals surface area contributed by atoms with Gasteiger partial charge in [-0.05, 0) is 300 Å². The average Bonchev–Trinajstić information content (AvgIpc) is 1.53. The summed E-state index contributed by atoms with van der Waals surface area (Å²) < 4.78 is 13.4. The van der Waals surface area contributed by atoms with Crippen molar-refractivity contribution in [3.8, 4) is 11.1 Å². The summed E-state index contributed by atoms with van der Waals surface area (Å²) in [6, 6.07) is 111. The molecule has 18 aromatic rings. The Morgan fingerprint density at radius 3 is 0.775 bits per heavy atom. The summed E-state index contributed by atoms with van der Waals surface area (Å²) in [6.45, 7) is 17.6. The number of para-hydroxylation sites is 4. The third-order valence-electron chi connectivity index (χ3n) is 21.0. The number of nitrogens with zero attached hydrogens (tertiary/aromatic N) is 4. The summed E-state index contributed by atoms with van der Waals surface area (Å²) in [6.07, 6.45) is 0. The van der Waals surface area contributed by atoms with E-state index >= 15 is 0 Å². The molecule has 0 radical (unpaired) electrons. The summed E-state index contributed by atoms with van der Waals surface area (Å²) in [4.78, 5) is 9.61. The maximum Gasteiger partial charge on any atom is 0.136 e. The van der Waals surface area contributed by atoms with E-state index in [2.05, 4.69) is 378 Å². The first-order chi connectivity index (χ1) is 49.8. The first-order valence-corrected chi connectivity index (χ1v) is 35.3. The molecule has 0 aliphatic heterocycles. The number of benzene rings is 16. The van der Waals surface area contributed by atoms with Crippen LogP contribution >= 0.6 is 0 Å². The second-order valence-electron chi connectivity index (χ2n) is 27.7. The van der Waals surface area contributed by atoms with Gasteiger partial charge in [0.25, 0.3) is 0 Å². The molecule has 0 N–H and O–H groups in total. The van der Waals surface area contributed by atoms with Gasteiger partial charge in [0.15, 0.2) is 0 Å². The first-order valence-electron chi connectivity index (χ1n) is 35.3. The fourth-order valence-electron chi connectivity index (χ4n) is 16.0. The number of furan rings is 2. The first kappa shape index (κ1) is 61.7. The molecule has 102 heavy (non-hydrogen) atoms. The summed E-state index contributed by atoms with van der Waals surface area (Å²) in [5, 5.41) is 13.7. The highest BCUT2D eigenvalue weighted by Gasteiger charge is 2.25. The van der Waals surface area contributed by atoms with Gasteiger partial charge >= 0.3 is 0 Å². The predicted octanol–water partition coefficient (Wildman–Crippen LogP) is 28.1. The van der Waals surface area contributed by atoms with Crippen LogP contribution in [0, 0.1) is 55.4 Å². The Bertz CT molecular complexity index is 6380. The Labute approximate surface area is 594 Å². The lowest BCUT2D eigenvalue weighted by Gasteiger charge is -2.29. The van der Waals surface area contributed by atoms with Crippen molar-refractivity contribution in [2.45, 2.75) is 55.4 Å². The number of rotatable bonds is 13. The highest BCUT2D eigenvalue weighted by Crippen LogP contribution is 2.49. The number of aryl methyl sites for hydroxylation is 8. The maximum absolute atomic E-state index is 6.73. The molecule has 0 saturated heterocycles. The lowest BCUT2D eigenvalue weighted by molar-refractivity contribution is 0.669. The minimum atomic E-state index is 0.875. The van der Waals surface area contributed by atoms with E-state index in [1.54, 1.807) is 0 Å². The van der Waals surface area contributed by atoms with Crippen LogP contribution in [0.15, 0.2) is 312 Å². The van der Waals surface area contributed by atoms with E-state index in [1.165, 1.54) is 44.5 Å². The van der Waals surface area contributed by atoms with Gasteiger partial charge in [-0.1, -0.05) is 158 Å². The third kappa shape index (κ3) is 10.5. The molecule has 0 atom stereocenters. The maximum atomic E-state index is 6.73. The molecule has 0 amide bonds. The van der Waals surface area contributed by atoms with E-state index in [9.17, 15) is 0 Å². The molecule has 18 rings (SSSR count). The van der Waals surface area contributed by atoms with Gasteiger partial charge in [-0.3, -0.25) is 0 Å². The molecular weight excluding hydrogens is 1240 g/mol. The highest BCUT2D eigenvalue weighted by molar-refractivity contribution is 6.28. The van der Waals surface area contributed by atoms with Crippen molar-refractivity contribution in [3.05, 3.63) is 348 Å². The molecule has 0 spiro atoms. The van der Waals surface area contributed by atoms with Crippen LogP contribution in [0.4, 0.5) is 68.2 Å². The van der Waals surface area contributed by atoms with Gasteiger partial charge in [0, 0.05) is 89.8 Å². The Balaban J connectivity index is 0.686. The monoisotopic (exact) mass is 1310 g/mol. The van der Waals surface area contributed by atoms with E-state index in [4.69, 9.17) is 8.83 Å². The Hall–Kier alpha value is -12.6. The lowest BCUT2D eigenvalue weighted by atomic mass is 9.97. The lowest BCUT2D eigenvalue weighted by Crippen LogP contribution is -2.13. The predicted molar refractivity (Wildman–Crippen MR) is 433 cm³/mol. The molecule has 0 aliphatic carbocycles. The molecule has 0 unspecified atom stereocenters. The zero-order chi connectivity index (χ0) is 69.0. The standard InChI is InChI=1S/C96H74N4O2/c1-59-19-17-25-73(51-59)97(83-27-13-9-21-61(83)3)75-37-41-79-69(55-75)33-47-89-93(79)94-80-42-38-76(56-70(80)34-48-90(94)101-89)98(74-26-18-20-60(2)52-74)87-45-31-67(53-65(87)7)68-32-46-88(66(8)54-68)100(86-30-16-12-24-64(86)6)78-40-44-82-72(58-78)36-50-92-96(82)95-81-43-39-77(57-71(81)35-49-91(95)102-92)99(84-28-14-10-22-62(84)4)85-29-15-11-23-63(85)5/h9-58H,1-8H3. The number of hydrogen-bond donors (Lipinski definition) is 0. The van der Waals surface area contributed by atoms with Gasteiger partial charge in [-0.15, -0.1) is 0 Å². The molecule has 0 fully saturated rings. The minimum Gasteiger partial charge on any atom is -0.456 e. The molecular formula is C96H74N4O2. The van der Waals surface area contributed by atoms with E-state index in [-0.39, 0.29) is 0 Å². The van der Waals surface area contributed by atoms with Gasteiger partial charge in [-0.2, -0.15) is 0 Å². The number of anilines is 12. The van der Waals surface area contributed by atoms with Crippen LogP contribution in [0.25, 0.3) is 98.1 Å². The quantitative estimate of drug-likeness (QED) is 0.115. The van der Waals surface area contributed by atoms with Crippen molar-refractivity contribution in [1.82, 2.24) is 0 Å². The van der Waals surface area contributed by atoms with Gasteiger partial charge in [0.1, 0.15) is 22.3 Å². The van der Waals surface area contributed by atoms with Crippen LogP contribution in [-0.2, 0) is 0 Å². The van der Waals surface area contributed by atoms with Crippen LogP contribution in [0.3, 0.4) is 0 Å². The van der Waals surface area contributed by atoms with Crippen molar-refractivity contribution < 1.29 is 8.83 Å². The van der Waals surface area contributed by atoms with Crippen molar-refractivity contribution in [2.75, 3.05) is 19.6 Å². The summed E-state index contributed by atoms with van der Waals surface area (Å²) in [5.41, 5.74) is 28.8. The summed E-state index contributed by atoms with van der Waals surface area (Å²) in [7, 11) is 0. The SMILES string of the molecule is Cc1cccc(N(c2ccc3c(ccc4oc5ccc6cc(N(c7cccc(C)c7)c7ccc(-c8ccc(N(c9ccc%10c(ccc%11oc%12ccc%13cc(N(c%14ccccc%14C)c%14ccccc%14C)ccc%13c%12c%11%10)c9)c9ccccc9C)c(C)c8)cc7C)ccc6c5c43)c2)c2ccccc2C)c1.